The van der Waals surface area contributed by atoms with Crippen LogP contribution in [0.1, 0.15) is 18.0 Å². The van der Waals surface area contributed by atoms with Crippen LogP contribution in [0.25, 0.3) is 0 Å². The first kappa shape index (κ1) is 18.0. The molecule has 0 bridgehead atoms. The third-order valence-corrected chi connectivity index (χ3v) is 3.75. The maximum Gasteiger partial charge on any atom is 0.461 e. The van der Waals surface area contributed by atoms with Crippen LogP contribution in [0.15, 0.2) is 24.3 Å². The van der Waals surface area contributed by atoms with Gasteiger partial charge in [-0.2, -0.15) is 17.6 Å². The van der Waals surface area contributed by atoms with Gasteiger partial charge in [-0.15, -0.1) is 0 Å². The lowest BCUT2D eigenvalue weighted by atomic mass is 10.0. The van der Waals surface area contributed by atoms with Gasteiger partial charge in [0.2, 0.25) is 0 Å². The molecule has 1 fully saturated rings. The molecule has 0 unspecified atom stereocenters. The zero-order valence-corrected chi connectivity index (χ0v) is 12.5. The van der Waals surface area contributed by atoms with E-state index in [9.17, 15) is 22.7 Å². The zero-order chi connectivity index (χ0) is 16.9. The van der Waals surface area contributed by atoms with Crippen LogP contribution < -0.4 is 10.1 Å². The van der Waals surface area contributed by atoms with Crippen LogP contribution in [-0.2, 0) is 0 Å². The molecule has 4 nitrogen and oxygen atoms in total. The van der Waals surface area contributed by atoms with Gasteiger partial charge in [0, 0.05) is 38.8 Å². The third kappa shape index (κ3) is 4.79. The van der Waals surface area contributed by atoms with Crippen molar-refractivity contribution in [3.8, 4) is 5.75 Å². The Morgan fingerprint density at radius 3 is 2.57 bits per heavy atom. The molecule has 0 aromatic heterocycles. The smallest absolute Gasteiger partial charge is 0.428 e. The normalized spacial score (nSPS) is 18.2. The summed E-state index contributed by atoms with van der Waals surface area (Å²) in [5.41, 5.74) is 0.656. The van der Waals surface area contributed by atoms with Gasteiger partial charge in [0.1, 0.15) is 5.75 Å². The minimum Gasteiger partial charge on any atom is -0.428 e. The molecule has 1 atom stereocenters. The number of aliphatic hydroxyl groups excluding tert-OH is 1. The van der Waals surface area contributed by atoms with E-state index in [0.29, 0.717) is 12.0 Å². The fourth-order valence-corrected chi connectivity index (χ4v) is 2.66. The molecule has 1 aliphatic rings. The van der Waals surface area contributed by atoms with Crippen molar-refractivity contribution in [1.29, 1.82) is 0 Å². The van der Waals surface area contributed by atoms with Gasteiger partial charge in [0.05, 0.1) is 0 Å². The minimum absolute atomic E-state index is 0.0626. The molecule has 1 saturated heterocycles. The lowest BCUT2D eigenvalue weighted by Gasteiger charge is -2.35. The largest absolute Gasteiger partial charge is 0.461 e. The van der Waals surface area contributed by atoms with E-state index in [-0.39, 0.29) is 18.4 Å². The molecular formula is C15H20F4N2O2. The fourth-order valence-electron chi connectivity index (χ4n) is 2.66. The topological polar surface area (TPSA) is 44.7 Å². The molecule has 130 valence electrons. The molecule has 23 heavy (non-hydrogen) atoms. The Morgan fingerprint density at radius 1 is 1.26 bits per heavy atom. The molecule has 8 heteroatoms. The number of rotatable bonds is 7. The molecule has 0 saturated carbocycles. The van der Waals surface area contributed by atoms with E-state index in [1.54, 1.807) is 6.07 Å². The minimum atomic E-state index is -4.53. The number of ether oxygens (including phenoxy) is 1. The van der Waals surface area contributed by atoms with Crippen molar-refractivity contribution in [3.05, 3.63) is 29.8 Å². The van der Waals surface area contributed by atoms with Crippen molar-refractivity contribution < 1.29 is 27.4 Å². The standard InChI is InChI=1S/C15H20F4N2O2/c16-14(17)15(18,19)23-12-3-1-2-11(10-12)13(4-9-22)21-7-5-20-6-8-21/h1-3,10,13-14,20,22H,4-9H2/t13-/m0/s1. The molecule has 0 radical (unpaired) electrons. The number of benzene rings is 1. The highest BCUT2D eigenvalue weighted by molar-refractivity contribution is 5.31. The summed E-state index contributed by atoms with van der Waals surface area (Å²) in [6, 6.07) is 5.58. The van der Waals surface area contributed by atoms with Crippen molar-refractivity contribution in [3.63, 3.8) is 0 Å². The number of alkyl halides is 4. The Labute approximate surface area is 132 Å². The molecule has 0 amide bonds. The highest BCUT2D eigenvalue weighted by Gasteiger charge is 2.44. The molecule has 1 aromatic rings. The Balaban J connectivity index is 2.18. The Kier molecular flexibility index (Phi) is 6.20. The van der Waals surface area contributed by atoms with Gasteiger partial charge in [-0.1, -0.05) is 12.1 Å². The Bertz CT molecular complexity index is 496. The number of aliphatic hydroxyl groups is 1. The molecule has 1 aliphatic heterocycles. The van der Waals surface area contributed by atoms with Gasteiger partial charge < -0.3 is 15.2 Å². The number of nitrogens with one attached hydrogen (secondary N) is 1. The number of halogens is 4. The number of hydrogen-bond acceptors (Lipinski definition) is 4. The molecule has 0 spiro atoms. The zero-order valence-electron chi connectivity index (χ0n) is 12.5. The predicted molar refractivity (Wildman–Crippen MR) is 76.9 cm³/mol. The van der Waals surface area contributed by atoms with Gasteiger partial charge in [0.15, 0.2) is 0 Å². The Morgan fingerprint density at radius 2 is 1.96 bits per heavy atom. The summed E-state index contributed by atoms with van der Waals surface area (Å²) in [5.74, 6) is -0.314. The van der Waals surface area contributed by atoms with Crippen LogP contribution in [-0.4, -0.2) is 55.3 Å². The number of hydrogen-bond donors (Lipinski definition) is 2. The van der Waals surface area contributed by atoms with E-state index in [4.69, 9.17) is 0 Å². The van der Waals surface area contributed by atoms with E-state index >= 15 is 0 Å². The van der Waals surface area contributed by atoms with Gasteiger partial charge in [0.25, 0.3) is 0 Å². The predicted octanol–water partition coefficient (Wildman–Crippen LogP) is 2.25. The van der Waals surface area contributed by atoms with Crippen LogP contribution in [0.2, 0.25) is 0 Å². The quantitative estimate of drug-likeness (QED) is 0.750. The maximum atomic E-state index is 13.0. The van der Waals surface area contributed by atoms with Crippen LogP contribution in [0, 0.1) is 0 Å². The second kappa shape index (κ2) is 7.94. The SMILES string of the molecule is OCC[C@@H](c1cccc(OC(F)(F)C(F)F)c1)N1CCNCC1. The van der Waals surface area contributed by atoms with E-state index in [1.807, 2.05) is 0 Å². The van der Waals surface area contributed by atoms with Crippen molar-refractivity contribution in [2.45, 2.75) is 25.0 Å². The number of nitrogens with zero attached hydrogens (tertiary/aromatic N) is 1. The highest BCUT2D eigenvalue weighted by Crippen LogP contribution is 2.31. The monoisotopic (exact) mass is 336 g/mol. The molecular weight excluding hydrogens is 316 g/mol. The summed E-state index contributed by atoms with van der Waals surface area (Å²) in [6.45, 7) is 3.03. The summed E-state index contributed by atoms with van der Waals surface area (Å²) >= 11 is 0. The van der Waals surface area contributed by atoms with Crippen LogP contribution in [0.5, 0.6) is 5.75 Å². The summed E-state index contributed by atoms with van der Waals surface area (Å²) in [6.07, 6.45) is -8.00. The molecule has 0 aliphatic carbocycles. The van der Waals surface area contributed by atoms with E-state index in [2.05, 4.69) is 15.0 Å². The maximum absolute atomic E-state index is 13.0. The first-order valence-electron chi connectivity index (χ1n) is 7.44. The second-order valence-corrected chi connectivity index (χ2v) is 5.35. The third-order valence-electron chi connectivity index (χ3n) is 3.75. The van der Waals surface area contributed by atoms with Gasteiger partial charge in [-0.05, 0) is 24.1 Å². The van der Waals surface area contributed by atoms with Crippen LogP contribution in [0.3, 0.4) is 0 Å². The highest BCUT2D eigenvalue weighted by atomic mass is 19.3. The van der Waals surface area contributed by atoms with Crippen molar-refractivity contribution in [2.24, 2.45) is 0 Å². The fraction of sp³-hybridized carbons (Fsp3) is 0.600. The molecule has 1 heterocycles. The number of piperazine rings is 1. The van der Waals surface area contributed by atoms with E-state index < -0.39 is 12.5 Å². The average molecular weight is 336 g/mol. The molecule has 1 aromatic carbocycles. The lowest BCUT2D eigenvalue weighted by Crippen LogP contribution is -2.45. The summed E-state index contributed by atoms with van der Waals surface area (Å²) in [5, 5.41) is 12.5. The second-order valence-electron chi connectivity index (χ2n) is 5.35. The molecule has 2 rings (SSSR count). The van der Waals surface area contributed by atoms with Crippen molar-refractivity contribution >= 4 is 0 Å². The van der Waals surface area contributed by atoms with Crippen LogP contribution >= 0.6 is 0 Å². The van der Waals surface area contributed by atoms with Gasteiger partial charge >= 0.3 is 12.5 Å². The molecule has 2 N–H and O–H groups in total. The van der Waals surface area contributed by atoms with Gasteiger partial charge in [-0.3, -0.25) is 4.90 Å². The summed E-state index contributed by atoms with van der Waals surface area (Å²) < 4.78 is 54.7. The Hall–Kier alpha value is -1.38. The van der Waals surface area contributed by atoms with Gasteiger partial charge in [-0.25, -0.2) is 0 Å². The van der Waals surface area contributed by atoms with E-state index in [0.717, 1.165) is 26.2 Å². The first-order chi connectivity index (χ1) is 10.9. The summed E-state index contributed by atoms with van der Waals surface area (Å²) in [4.78, 5) is 2.12. The van der Waals surface area contributed by atoms with Crippen molar-refractivity contribution in [1.82, 2.24) is 10.2 Å². The van der Waals surface area contributed by atoms with Crippen LogP contribution in [0.4, 0.5) is 17.6 Å². The summed E-state index contributed by atoms with van der Waals surface area (Å²) in [7, 11) is 0. The van der Waals surface area contributed by atoms with Crippen molar-refractivity contribution in [2.75, 3.05) is 32.8 Å². The lowest BCUT2D eigenvalue weighted by molar-refractivity contribution is -0.253. The first-order valence-corrected chi connectivity index (χ1v) is 7.44. The average Bonchev–Trinajstić information content (AvgIpc) is 2.53. The van der Waals surface area contributed by atoms with E-state index in [1.165, 1.54) is 18.2 Å².